The molecule has 0 spiro atoms. The highest BCUT2D eigenvalue weighted by Crippen LogP contribution is 2.43. The van der Waals surface area contributed by atoms with Gasteiger partial charge in [-0.15, -0.1) is 0 Å². The summed E-state index contributed by atoms with van der Waals surface area (Å²) >= 11 is 0. The quantitative estimate of drug-likeness (QED) is 0.0213. The Balaban J connectivity index is 4.13. The molecule has 2 unspecified atom stereocenters. The van der Waals surface area contributed by atoms with Gasteiger partial charge in [0.05, 0.1) is 34.4 Å². The lowest BCUT2D eigenvalue weighted by Gasteiger charge is -2.24. The minimum atomic E-state index is -4.30. The average Bonchev–Trinajstić information content (AvgIpc) is 3.33. The molecular weight excluding hydrogens is 902 g/mol. The normalized spacial score (nSPS) is 14.2. The Bertz CT molecular complexity index is 1460. The molecule has 2 atom stereocenters. The second-order valence-electron chi connectivity index (χ2n) is 20.3. The van der Waals surface area contributed by atoms with Crippen molar-refractivity contribution >= 4 is 13.8 Å². The van der Waals surface area contributed by atoms with Gasteiger partial charge in [0.25, 0.3) is 0 Å². The third-order valence-electron chi connectivity index (χ3n) is 12.1. The first-order valence-electron chi connectivity index (χ1n) is 29.0. The molecule has 0 bridgehead atoms. The lowest BCUT2D eigenvalue weighted by molar-refractivity contribution is -0.870. The van der Waals surface area contributed by atoms with E-state index in [2.05, 4.69) is 111 Å². The topological polar surface area (TPSA) is 91.3 Å². The lowest BCUT2D eigenvalue weighted by atomic mass is 10.0. The highest BCUT2D eigenvalue weighted by atomic mass is 31.2. The molecule has 0 aliphatic heterocycles. The van der Waals surface area contributed by atoms with Crippen LogP contribution >= 0.6 is 7.82 Å². The maximum absolute atomic E-state index is 12.8. The minimum absolute atomic E-state index is 0.0811. The molecule has 410 valence electrons. The van der Waals surface area contributed by atoms with Crippen LogP contribution in [0.4, 0.5) is 0 Å². The second-order valence-corrected chi connectivity index (χ2v) is 21.7. The molecule has 71 heavy (non-hydrogen) atoms. The van der Waals surface area contributed by atoms with Crippen LogP contribution in [-0.2, 0) is 27.9 Å². The zero-order valence-electron chi connectivity index (χ0n) is 46.7. The first kappa shape index (κ1) is 68.4. The Morgan fingerprint density at radius 1 is 0.451 bits per heavy atom. The van der Waals surface area contributed by atoms with Gasteiger partial charge in [-0.3, -0.25) is 13.8 Å². The van der Waals surface area contributed by atoms with Crippen LogP contribution in [-0.4, -0.2) is 75.6 Å². The summed E-state index contributed by atoms with van der Waals surface area (Å²) in [6, 6.07) is 0. The second kappa shape index (κ2) is 53.7. The molecule has 0 aliphatic carbocycles. The zero-order valence-corrected chi connectivity index (χ0v) is 47.6. The molecule has 0 fully saturated rings. The average molecular weight is 1010 g/mol. The number of esters is 1. The minimum Gasteiger partial charge on any atom is -0.457 e. The van der Waals surface area contributed by atoms with E-state index < -0.39 is 13.9 Å². The third-order valence-corrected chi connectivity index (χ3v) is 13.1. The van der Waals surface area contributed by atoms with E-state index in [1.165, 1.54) is 128 Å². The van der Waals surface area contributed by atoms with Crippen molar-refractivity contribution in [3.63, 3.8) is 0 Å². The van der Waals surface area contributed by atoms with Crippen molar-refractivity contribution in [1.29, 1.82) is 0 Å². The number of likely N-dealkylation sites (N-methyl/N-ethyl adjacent to an activating group) is 1. The van der Waals surface area contributed by atoms with Gasteiger partial charge in [-0.25, -0.2) is 4.57 Å². The molecule has 0 aromatic heterocycles. The van der Waals surface area contributed by atoms with Gasteiger partial charge in [0.2, 0.25) is 0 Å². The summed E-state index contributed by atoms with van der Waals surface area (Å²) in [6.07, 6.45) is 74.6. The molecule has 0 amide bonds. The number of carbonyl (C=O) groups is 1. The van der Waals surface area contributed by atoms with Gasteiger partial charge >= 0.3 is 13.8 Å². The van der Waals surface area contributed by atoms with Crippen LogP contribution in [0.2, 0.25) is 0 Å². The lowest BCUT2D eigenvalue weighted by Crippen LogP contribution is -2.37. The van der Waals surface area contributed by atoms with Crippen molar-refractivity contribution in [3.05, 3.63) is 97.2 Å². The molecule has 0 aromatic rings. The third kappa shape index (κ3) is 58.2. The summed E-state index contributed by atoms with van der Waals surface area (Å²) in [6.45, 7) is 5.48. The highest BCUT2D eigenvalue weighted by Gasteiger charge is 2.26. The van der Waals surface area contributed by atoms with Crippen LogP contribution in [0.15, 0.2) is 97.2 Å². The molecule has 9 heteroatoms. The van der Waals surface area contributed by atoms with Crippen molar-refractivity contribution < 1.29 is 37.3 Å². The van der Waals surface area contributed by atoms with Gasteiger partial charge in [0, 0.05) is 13.0 Å². The van der Waals surface area contributed by atoms with Gasteiger partial charge in [-0.05, 0) is 96.3 Å². The molecule has 0 rings (SSSR count). The van der Waals surface area contributed by atoms with E-state index in [4.69, 9.17) is 18.5 Å². The summed E-state index contributed by atoms with van der Waals surface area (Å²) in [4.78, 5) is 23.1. The van der Waals surface area contributed by atoms with Gasteiger partial charge in [-0.1, -0.05) is 227 Å². The van der Waals surface area contributed by atoms with E-state index >= 15 is 0 Å². The van der Waals surface area contributed by atoms with Crippen LogP contribution < -0.4 is 0 Å². The van der Waals surface area contributed by atoms with E-state index in [9.17, 15) is 14.3 Å². The van der Waals surface area contributed by atoms with Crippen molar-refractivity contribution in [2.45, 2.75) is 238 Å². The number of unbranched alkanes of at least 4 members (excludes halogenated alkanes) is 23. The molecule has 0 saturated heterocycles. The van der Waals surface area contributed by atoms with Crippen molar-refractivity contribution in [3.8, 4) is 0 Å². The maximum atomic E-state index is 12.8. The predicted octanol–water partition coefficient (Wildman–Crippen LogP) is 18.5. The first-order chi connectivity index (χ1) is 34.6. The summed E-state index contributed by atoms with van der Waals surface area (Å²) in [7, 11) is 1.65. The number of hydrogen-bond donors (Lipinski definition) is 1. The zero-order chi connectivity index (χ0) is 51.9. The van der Waals surface area contributed by atoms with Gasteiger partial charge in [0.15, 0.2) is 0 Å². The highest BCUT2D eigenvalue weighted by molar-refractivity contribution is 7.47. The van der Waals surface area contributed by atoms with Crippen LogP contribution in [0.25, 0.3) is 0 Å². The number of rotatable bonds is 53. The van der Waals surface area contributed by atoms with E-state index in [0.717, 1.165) is 83.5 Å². The van der Waals surface area contributed by atoms with E-state index in [1.54, 1.807) is 0 Å². The monoisotopic (exact) mass is 1010 g/mol. The van der Waals surface area contributed by atoms with Crippen LogP contribution in [0.3, 0.4) is 0 Å². The summed E-state index contributed by atoms with van der Waals surface area (Å²) in [5.41, 5.74) is 0. The molecule has 0 radical (unpaired) electrons. The van der Waals surface area contributed by atoms with Crippen molar-refractivity contribution in [1.82, 2.24) is 0 Å². The standard InChI is InChI=1S/C62H110NO7P/c1-6-8-10-12-14-16-18-20-22-24-26-28-30-32-33-35-37-39-41-43-45-47-49-51-53-55-62(64)70-61(60-69-71(65,66)68-58-56-63(3,4)5)59-67-57-54-52-50-48-46-44-42-40-38-36-34-31-29-27-25-23-21-19-17-15-13-11-9-7-2/h9,11,15,17-18,20-21,23-24,26-27,29-30,32,34,36,61H,6-8,10,12-14,16,19,22,25,28,31,33,35,37-60H2,1-5H3/p+1/b11-9-,17-15-,20-18-,23-21-,26-24-,29-27-,32-30-,36-34-. The summed E-state index contributed by atoms with van der Waals surface area (Å²) < 4.78 is 35.3. The summed E-state index contributed by atoms with van der Waals surface area (Å²) in [5, 5.41) is 0. The Hall–Kier alpha value is -2.58. The summed E-state index contributed by atoms with van der Waals surface area (Å²) in [5.74, 6) is -0.323. The Morgan fingerprint density at radius 3 is 1.23 bits per heavy atom. The number of quaternary nitrogens is 1. The Labute approximate surface area is 438 Å². The van der Waals surface area contributed by atoms with Crippen molar-refractivity contribution in [2.75, 3.05) is 54.1 Å². The Kier molecular flexibility index (Phi) is 51.8. The number of hydrogen-bond acceptors (Lipinski definition) is 6. The number of phosphoric acid groups is 1. The van der Waals surface area contributed by atoms with E-state index in [1.807, 2.05) is 21.1 Å². The molecule has 8 nitrogen and oxygen atoms in total. The molecule has 0 aliphatic rings. The maximum Gasteiger partial charge on any atom is 0.472 e. The molecule has 0 aromatic carbocycles. The molecule has 0 saturated carbocycles. The van der Waals surface area contributed by atoms with Crippen LogP contribution in [0, 0.1) is 0 Å². The molecule has 0 heterocycles. The number of ether oxygens (including phenoxy) is 2. The van der Waals surface area contributed by atoms with Gasteiger partial charge in [-0.2, -0.15) is 0 Å². The first-order valence-corrected chi connectivity index (χ1v) is 30.5. The van der Waals surface area contributed by atoms with E-state index in [0.29, 0.717) is 24.1 Å². The van der Waals surface area contributed by atoms with Crippen molar-refractivity contribution in [2.24, 2.45) is 0 Å². The fraction of sp³-hybridized carbons (Fsp3) is 0.726. The molecule has 1 N–H and O–H groups in total. The largest absolute Gasteiger partial charge is 0.472 e. The predicted molar refractivity (Wildman–Crippen MR) is 307 cm³/mol. The van der Waals surface area contributed by atoms with Crippen LogP contribution in [0.5, 0.6) is 0 Å². The van der Waals surface area contributed by atoms with E-state index in [-0.39, 0.29) is 25.8 Å². The van der Waals surface area contributed by atoms with Gasteiger partial charge < -0.3 is 18.9 Å². The van der Waals surface area contributed by atoms with Crippen LogP contribution in [0.1, 0.15) is 232 Å². The SMILES string of the molecule is CC/C=C\C/C=C\C/C=C\C/C=C\C/C=C\CCCCCCCCCCOCC(COP(=O)(O)OCC[N+](C)(C)C)OC(=O)CCCCCCCCCCCC/C=C\C/C=C\C/C=C\CCCCCCC. The number of nitrogens with zero attached hydrogens (tertiary/aromatic N) is 1. The molecular formula is C62H111NO7P+. The number of allylic oxidation sites excluding steroid dienone is 16. The fourth-order valence-electron chi connectivity index (χ4n) is 7.71. The smallest absolute Gasteiger partial charge is 0.457 e. The fourth-order valence-corrected chi connectivity index (χ4v) is 8.45. The number of phosphoric ester groups is 1. The van der Waals surface area contributed by atoms with Gasteiger partial charge in [0.1, 0.15) is 19.3 Å². The Morgan fingerprint density at radius 2 is 0.817 bits per heavy atom. The number of carbonyl (C=O) groups excluding carboxylic acids is 1.